The summed E-state index contributed by atoms with van der Waals surface area (Å²) in [6, 6.07) is 4.35. The van der Waals surface area contributed by atoms with Gasteiger partial charge in [-0.2, -0.15) is 0 Å². The van der Waals surface area contributed by atoms with E-state index in [1.165, 1.54) is 14.2 Å². The monoisotopic (exact) mass is 363 g/mol. The van der Waals surface area contributed by atoms with Gasteiger partial charge in [0.15, 0.2) is 11.5 Å². The van der Waals surface area contributed by atoms with Crippen molar-refractivity contribution in [2.24, 2.45) is 0 Å². The molecule has 0 aromatic heterocycles. The number of amides is 4. The van der Waals surface area contributed by atoms with Crippen molar-refractivity contribution < 1.29 is 23.9 Å². The molecule has 1 aromatic rings. The second kappa shape index (κ2) is 7.63. The van der Waals surface area contributed by atoms with Crippen molar-refractivity contribution in [1.29, 1.82) is 0 Å². The number of imide groups is 1. The molecule has 2 atom stereocenters. The lowest BCUT2D eigenvalue weighted by Gasteiger charge is -2.23. The molecule has 8 heteroatoms. The van der Waals surface area contributed by atoms with Crippen molar-refractivity contribution in [3.8, 4) is 11.5 Å². The molecule has 0 unspecified atom stereocenters. The van der Waals surface area contributed by atoms with Crippen molar-refractivity contribution in [3.63, 3.8) is 0 Å². The minimum absolute atomic E-state index is 0.0273. The number of nitrogens with zero attached hydrogens (tertiary/aromatic N) is 1. The summed E-state index contributed by atoms with van der Waals surface area (Å²) in [5.74, 6) is 0.0936. The number of nitrogens with one attached hydrogen (secondary N) is 2. The second-order valence-corrected chi connectivity index (χ2v) is 6.39. The Morgan fingerprint density at radius 2 is 1.92 bits per heavy atom. The van der Waals surface area contributed by atoms with Crippen molar-refractivity contribution in [2.45, 2.75) is 38.8 Å². The smallest absolute Gasteiger partial charge is 0.325 e. The van der Waals surface area contributed by atoms with Crippen LogP contribution in [-0.4, -0.2) is 49.6 Å². The van der Waals surface area contributed by atoms with E-state index in [-0.39, 0.29) is 18.5 Å². The highest BCUT2D eigenvalue weighted by molar-refractivity contribution is 6.09. The standard InChI is InChI=1S/C18H25N3O5/c1-6-11(2)19-15(22)10-21-16(23)18(3,20-17(21)24)12-7-8-13(25-4)14(9-12)26-5/h7-9,11H,6,10H2,1-5H3,(H,19,22)(H,20,24)/t11-,18-/m1/s1. The Morgan fingerprint density at radius 3 is 2.50 bits per heavy atom. The maximum Gasteiger partial charge on any atom is 0.325 e. The number of rotatable bonds is 7. The molecule has 0 spiro atoms. The average Bonchev–Trinajstić information content (AvgIpc) is 2.84. The number of methoxy groups -OCH3 is 2. The van der Waals surface area contributed by atoms with Gasteiger partial charge in [0.05, 0.1) is 14.2 Å². The maximum absolute atomic E-state index is 12.9. The Morgan fingerprint density at radius 1 is 1.27 bits per heavy atom. The van der Waals surface area contributed by atoms with E-state index < -0.39 is 17.5 Å². The van der Waals surface area contributed by atoms with Gasteiger partial charge in [-0.3, -0.25) is 14.5 Å². The van der Waals surface area contributed by atoms with Gasteiger partial charge in [-0.25, -0.2) is 4.79 Å². The molecule has 2 N–H and O–H groups in total. The number of ether oxygens (including phenoxy) is 2. The Balaban J connectivity index is 2.24. The maximum atomic E-state index is 12.9. The van der Waals surface area contributed by atoms with E-state index >= 15 is 0 Å². The van der Waals surface area contributed by atoms with Crippen LogP contribution >= 0.6 is 0 Å². The molecule has 1 aliphatic heterocycles. The molecule has 1 heterocycles. The van der Waals surface area contributed by atoms with Gasteiger partial charge in [0.25, 0.3) is 5.91 Å². The first-order chi connectivity index (χ1) is 12.3. The molecule has 1 saturated heterocycles. The summed E-state index contributed by atoms with van der Waals surface area (Å²) in [4.78, 5) is 38.2. The molecule has 2 rings (SSSR count). The third-order valence-electron chi connectivity index (χ3n) is 4.56. The number of hydrogen-bond donors (Lipinski definition) is 2. The Bertz CT molecular complexity index is 721. The normalized spacial score (nSPS) is 20.6. The minimum Gasteiger partial charge on any atom is -0.493 e. The molecule has 1 aliphatic rings. The summed E-state index contributed by atoms with van der Waals surface area (Å²) in [6.07, 6.45) is 0.759. The van der Waals surface area contributed by atoms with Crippen LogP contribution in [0.25, 0.3) is 0 Å². The third-order valence-corrected chi connectivity index (χ3v) is 4.56. The minimum atomic E-state index is -1.28. The predicted octanol–water partition coefficient (Wildman–Crippen LogP) is 1.39. The van der Waals surface area contributed by atoms with Gasteiger partial charge >= 0.3 is 6.03 Å². The van der Waals surface area contributed by atoms with Crippen LogP contribution in [0.1, 0.15) is 32.8 Å². The van der Waals surface area contributed by atoms with Crippen molar-refractivity contribution in [3.05, 3.63) is 23.8 Å². The number of urea groups is 1. The Labute approximate surface area is 152 Å². The lowest BCUT2D eigenvalue weighted by atomic mass is 9.91. The highest BCUT2D eigenvalue weighted by Crippen LogP contribution is 2.35. The summed E-state index contributed by atoms with van der Waals surface area (Å²) in [6.45, 7) is 5.07. The van der Waals surface area contributed by atoms with E-state index in [1.807, 2.05) is 13.8 Å². The molecular formula is C18H25N3O5. The van der Waals surface area contributed by atoms with Gasteiger partial charge in [0.2, 0.25) is 5.91 Å². The van der Waals surface area contributed by atoms with Crippen LogP contribution in [0.5, 0.6) is 11.5 Å². The lowest BCUT2D eigenvalue weighted by Crippen LogP contribution is -2.44. The van der Waals surface area contributed by atoms with Gasteiger partial charge in [-0.1, -0.05) is 13.0 Å². The molecule has 0 aliphatic carbocycles. The van der Waals surface area contributed by atoms with E-state index in [0.29, 0.717) is 17.1 Å². The molecule has 142 valence electrons. The predicted molar refractivity (Wildman–Crippen MR) is 95.0 cm³/mol. The van der Waals surface area contributed by atoms with Crippen molar-refractivity contribution in [2.75, 3.05) is 20.8 Å². The average molecular weight is 363 g/mol. The number of carbonyl (C=O) groups excluding carboxylic acids is 3. The first-order valence-electron chi connectivity index (χ1n) is 8.42. The van der Waals surface area contributed by atoms with Crippen LogP contribution in [0.2, 0.25) is 0 Å². The quantitative estimate of drug-likeness (QED) is 0.714. The van der Waals surface area contributed by atoms with Crippen molar-refractivity contribution >= 4 is 17.8 Å². The van der Waals surface area contributed by atoms with Gasteiger partial charge in [0.1, 0.15) is 12.1 Å². The van der Waals surface area contributed by atoms with Crippen molar-refractivity contribution in [1.82, 2.24) is 15.5 Å². The SMILES string of the molecule is CC[C@@H](C)NC(=O)CN1C(=O)N[C@](C)(c2ccc(OC)c(OC)c2)C1=O. The van der Waals surface area contributed by atoms with Crippen LogP contribution in [0.4, 0.5) is 4.79 Å². The van der Waals surface area contributed by atoms with Gasteiger partial charge < -0.3 is 20.1 Å². The fourth-order valence-electron chi connectivity index (χ4n) is 2.75. The van der Waals surface area contributed by atoms with Gasteiger partial charge in [-0.05, 0) is 38.0 Å². The zero-order valence-corrected chi connectivity index (χ0v) is 15.7. The van der Waals surface area contributed by atoms with E-state index in [1.54, 1.807) is 25.1 Å². The summed E-state index contributed by atoms with van der Waals surface area (Å²) in [7, 11) is 3.00. The number of carbonyl (C=O) groups is 3. The zero-order chi connectivity index (χ0) is 19.5. The van der Waals surface area contributed by atoms with E-state index in [4.69, 9.17) is 9.47 Å². The number of benzene rings is 1. The third kappa shape index (κ3) is 3.58. The summed E-state index contributed by atoms with van der Waals surface area (Å²) in [5, 5.41) is 5.42. The first kappa shape index (κ1) is 19.6. The van der Waals surface area contributed by atoms with E-state index in [0.717, 1.165) is 11.3 Å². The second-order valence-electron chi connectivity index (χ2n) is 6.39. The fraction of sp³-hybridized carbons (Fsp3) is 0.500. The van der Waals surface area contributed by atoms with Gasteiger partial charge in [-0.15, -0.1) is 0 Å². The van der Waals surface area contributed by atoms with Crippen LogP contribution in [0.3, 0.4) is 0 Å². The molecule has 0 radical (unpaired) electrons. The van der Waals surface area contributed by atoms with E-state index in [2.05, 4.69) is 10.6 Å². The van der Waals surface area contributed by atoms with Crippen LogP contribution in [-0.2, 0) is 15.1 Å². The molecule has 4 amide bonds. The molecule has 1 fully saturated rings. The lowest BCUT2D eigenvalue weighted by molar-refractivity contribution is -0.135. The molecule has 8 nitrogen and oxygen atoms in total. The topological polar surface area (TPSA) is 97.0 Å². The highest BCUT2D eigenvalue weighted by Gasteiger charge is 2.49. The largest absolute Gasteiger partial charge is 0.493 e. The highest BCUT2D eigenvalue weighted by atomic mass is 16.5. The summed E-state index contributed by atoms with van der Waals surface area (Å²) >= 11 is 0. The summed E-state index contributed by atoms with van der Waals surface area (Å²) < 4.78 is 10.5. The van der Waals surface area contributed by atoms with Crippen LogP contribution in [0, 0.1) is 0 Å². The van der Waals surface area contributed by atoms with Crippen LogP contribution < -0.4 is 20.1 Å². The van der Waals surface area contributed by atoms with Gasteiger partial charge in [0, 0.05) is 6.04 Å². The molecular weight excluding hydrogens is 338 g/mol. The molecule has 1 aromatic carbocycles. The molecule has 0 saturated carbocycles. The zero-order valence-electron chi connectivity index (χ0n) is 15.7. The fourth-order valence-corrected chi connectivity index (χ4v) is 2.75. The van der Waals surface area contributed by atoms with Crippen LogP contribution in [0.15, 0.2) is 18.2 Å². The Hall–Kier alpha value is -2.77. The summed E-state index contributed by atoms with van der Waals surface area (Å²) in [5.41, 5.74) is -0.744. The van der Waals surface area contributed by atoms with E-state index in [9.17, 15) is 14.4 Å². The number of hydrogen-bond acceptors (Lipinski definition) is 5. The molecule has 0 bridgehead atoms. The molecule has 26 heavy (non-hydrogen) atoms. The Kier molecular flexibility index (Phi) is 5.74. The first-order valence-corrected chi connectivity index (χ1v) is 8.42.